The molecule has 1 aromatic carbocycles. The van der Waals surface area contributed by atoms with E-state index < -0.39 is 11.8 Å². The summed E-state index contributed by atoms with van der Waals surface area (Å²) in [4.78, 5) is 33.1. The van der Waals surface area contributed by atoms with Crippen LogP contribution in [-0.2, 0) is 0 Å². The molecule has 1 saturated carbocycles. The number of nitrogens with zero attached hydrogens (tertiary/aromatic N) is 2. The first kappa shape index (κ1) is 16.3. The number of nitrogen functional groups attached to an aromatic ring is 1. The van der Waals surface area contributed by atoms with E-state index in [-0.39, 0.29) is 10.6 Å². The zero-order valence-electron chi connectivity index (χ0n) is 13.7. The van der Waals surface area contributed by atoms with Crippen molar-refractivity contribution in [2.24, 2.45) is 11.5 Å². The van der Waals surface area contributed by atoms with Gasteiger partial charge in [-0.15, -0.1) is 11.3 Å². The van der Waals surface area contributed by atoms with Crippen LogP contribution in [0.15, 0.2) is 24.3 Å². The SMILES string of the molecule is NC(=O)c1cccc(-c2nc(NC3CC3)nc3sc(C(N)=O)c(N)c23)c1. The molecule has 7 N–H and O–H groups in total. The molecule has 4 rings (SSSR count). The number of rotatable bonds is 5. The summed E-state index contributed by atoms with van der Waals surface area (Å²) in [5.74, 6) is -0.694. The number of carbonyl (C=O) groups is 2. The molecule has 0 bridgehead atoms. The van der Waals surface area contributed by atoms with Crippen molar-refractivity contribution in [3.05, 3.63) is 34.7 Å². The molecule has 8 nitrogen and oxygen atoms in total. The molecule has 1 fully saturated rings. The Balaban J connectivity index is 1.97. The lowest BCUT2D eigenvalue weighted by Gasteiger charge is -2.09. The lowest BCUT2D eigenvalue weighted by Crippen LogP contribution is -2.11. The second-order valence-corrected chi connectivity index (χ2v) is 7.15. The minimum Gasteiger partial charge on any atom is -0.397 e. The summed E-state index contributed by atoms with van der Waals surface area (Å²) in [5.41, 5.74) is 18.8. The van der Waals surface area contributed by atoms with Gasteiger partial charge in [0.25, 0.3) is 5.91 Å². The van der Waals surface area contributed by atoms with E-state index >= 15 is 0 Å². The predicted octanol–water partition coefficient (Wildman–Crippen LogP) is 1.71. The van der Waals surface area contributed by atoms with Gasteiger partial charge in [-0.2, -0.15) is 0 Å². The van der Waals surface area contributed by atoms with Gasteiger partial charge < -0.3 is 22.5 Å². The maximum atomic E-state index is 11.7. The Kier molecular flexibility index (Phi) is 3.73. The number of aromatic nitrogens is 2. The van der Waals surface area contributed by atoms with Gasteiger partial charge >= 0.3 is 0 Å². The van der Waals surface area contributed by atoms with E-state index in [4.69, 9.17) is 17.2 Å². The zero-order chi connectivity index (χ0) is 18.4. The molecule has 0 spiro atoms. The molecule has 132 valence electrons. The lowest BCUT2D eigenvalue weighted by molar-refractivity contribution is 0.0994. The van der Waals surface area contributed by atoms with Crippen molar-refractivity contribution in [1.29, 1.82) is 0 Å². The Labute approximate surface area is 152 Å². The first-order valence-corrected chi connectivity index (χ1v) is 8.82. The molecule has 0 saturated heterocycles. The zero-order valence-corrected chi connectivity index (χ0v) is 14.5. The first-order valence-electron chi connectivity index (χ1n) is 8.00. The van der Waals surface area contributed by atoms with E-state index in [1.54, 1.807) is 24.3 Å². The molecule has 0 unspecified atom stereocenters. The summed E-state index contributed by atoms with van der Waals surface area (Å²) in [7, 11) is 0. The number of carbonyl (C=O) groups excluding carboxylic acids is 2. The third-order valence-electron chi connectivity index (χ3n) is 4.14. The molecular formula is C17H16N6O2S. The molecule has 0 aliphatic heterocycles. The van der Waals surface area contributed by atoms with Gasteiger partial charge in [-0.25, -0.2) is 9.97 Å². The van der Waals surface area contributed by atoms with E-state index in [0.717, 1.165) is 24.2 Å². The van der Waals surface area contributed by atoms with Crippen molar-refractivity contribution in [1.82, 2.24) is 9.97 Å². The number of thiophene rings is 1. The molecule has 0 radical (unpaired) electrons. The fourth-order valence-electron chi connectivity index (χ4n) is 2.71. The Bertz CT molecular complexity index is 1060. The number of amides is 2. The standard InChI is InChI=1S/C17H16N6O2S/c18-11-10-12(7-2-1-3-8(6-7)14(19)24)22-17(21-9-4-5-9)23-16(10)26-13(11)15(20)25/h1-3,6,9H,4-5,18H2,(H2,19,24)(H2,20,25)(H,21,22,23). The normalized spacial score (nSPS) is 13.7. The number of benzene rings is 1. The largest absolute Gasteiger partial charge is 0.397 e. The van der Waals surface area contributed by atoms with Gasteiger partial charge in [0.2, 0.25) is 11.9 Å². The van der Waals surface area contributed by atoms with E-state index in [9.17, 15) is 9.59 Å². The van der Waals surface area contributed by atoms with Crippen LogP contribution in [0.2, 0.25) is 0 Å². The monoisotopic (exact) mass is 368 g/mol. The Morgan fingerprint density at radius 1 is 1.15 bits per heavy atom. The van der Waals surface area contributed by atoms with Crippen LogP contribution in [0.25, 0.3) is 21.5 Å². The molecule has 0 atom stereocenters. The highest BCUT2D eigenvalue weighted by Crippen LogP contribution is 2.39. The summed E-state index contributed by atoms with van der Waals surface area (Å²) in [6.07, 6.45) is 2.13. The van der Waals surface area contributed by atoms with Crippen LogP contribution in [0, 0.1) is 0 Å². The Morgan fingerprint density at radius 2 is 1.92 bits per heavy atom. The van der Waals surface area contributed by atoms with Crippen molar-refractivity contribution in [3.63, 3.8) is 0 Å². The van der Waals surface area contributed by atoms with Crippen LogP contribution in [0.5, 0.6) is 0 Å². The van der Waals surface area contributed by atoms with Crippen LogP contribution in [0.4, 0.5) is 11.6 Å². The average molecular weight is 368 g/mol. The summed E-state index contributed by atoms with van der Waals surface area (Å²) in [5, 5.41) is 3.80. The molecule has 2 heterocycles. The maximum Gasteiger partial charge on any atom is 0.260 e. The van der Waals surface area contributed by atoms with Gasteiger partial charge in [-0.05, 0) is 25.0 Å². The first-order chi connectivity index (χ1) is 12.4. The molecule has 3 aromatic rings. The molecule has 9 heteroatoms. The van der Waals surface area contributed by atoms with Crippen molar-refractivity contribution >= 4 is 45.0 Å². The van der Waals surface area contributed by atoms with Gasteiger partial charge in [0.05, 0.1) is 16.8 Å². The lowest BCUT2D eigenvalue weighted by atomic mass is 10.0. The van der Waals surface area contributed by atoms with Gasteiger partial charge in [-0.1, -0.05) is 12.1 Å². The van der Waals surface area contributed by atoms with Crippen molar-refractivity contribution in [2.75, 3.05) is 11.1 Å². The van der Waals surface area contributed by atoms with E-state index in [2.05, 4.69) is 15.3 Å². The Hall–Kier alpha value is -3.20. The molecule has 2 aromatic heterocycles. The van der Waals surface area contributed by atoms with Crippen LogP contribution < -0.4 is 22.5 Å². The van der Waals surface area contributed by atoms with Crippen molar-refractivity contribution < 1.29 is 9.59 Å². The molecule has 1 aliphatic rings. The van der Waals surface area contributed by atoms with Crippen LogP contribution in [0.1, 0.15) is 32.9 Å². The molecule has 1 aliphatic carbocycles. The number of primary amides is 2. The van der Waals surface area contributed by atoms with Gasteiger partial charge in [0.1, 0.15) is 9.71 Å². The number of nitrogens with two attached hydrogens (primary N) is 3. The summed E-state index contributed by atoms with van der Waals surface area (Å²) in [6.45, 7) is 0. The number of anilines is 2. The number of fused-ring (bicyclic) bond motifs is 1. The minimum atomic E-state index is -0.612. The highest BCUT2D eigenvalue weighted by atomic mass is 32.1. The minimum absolute atomic E-state index is 0.241. The molecule has 26 heavy (non-hydrogen) atoms. The number of nitrogens with one attached hydrogen (secondary N) is 1. The number of hydrogen-bond acceptors (Lipinski definition) is 7. The third kappa shape index (κ3) is 2.82. The summed E-state index contributed by atoms with van der Waals surface area (Å²) >= 11 is 1.13. The van der Waals surface area contributed by atoms with Gasteiger partial charge in [-0.3, -0.25) is 9.59 Å². The molecule has 2 amide bonds. The van der Waals surface area contributed by atoms with E-state index in [1.165, 1.54) is 0 Å². The van der Waals surface area contributed by atoms with E-state index in [1.807, 2.05) is 0 Å². The van der Waals surface area contributed by atoms with Gasteiger partial charge in [0, 0.05) is 17.2 Å². The fraction of sp³-hybridized carbons (Fsp3) is 0.176. The summed E-state index contributed by atoms with van der Waals surface area (Å²) < 4.78 is 0. The predicted molar refractivity (Wildman–Crippen MR) is 101 cm³/mol. The molecular weight excluding hydrogens is 352 g/mol. The topological polar surface area (TPSA) is 150 Å². The van der Waals surface area contributed by atoms with Crippen LogP contribution in [-0.4, -0.2) is 27.8 Å². The van der Waals surface area contributed by atoms with E-state index in [0.29, 0.717) is 39.0 Å². The maximum absolute atomic E-state index is 11.7. The highest BCUT2D eigenvalue weighted by Gasteiger charge is 2.25. The second-order valence-electron chi connectivity index (χ2n) is 6.15. The second kappa shape index (κ2) is 5.95. The third-order valence-corrected chi connectivity index (χ3v) is 5.26. The quantitative estimate of drug-likeness (QED) is 0.538. The number of hydrogen-bond donors (Lipinski definition) is 4. The highest BCUT2D eigenvalue weighted by molar-refractivity contribution is 7.21. The average Bonchev–Trinajstić information content (AvgIpc) is 3.36. The van der Waals surface area contributed by atoms with Crippen molar-refractivity contribution in [3.8, 4) is 11.3 Å². The van der Waals surface area contributed by atoms with Crippen LogP contribution >= 0.6 is 11.3 Å². The Morgan fingerprint density at radius 3 is 2.58 bits per heavy atom. The summed E-state index contributed by atoms with van der Waals surface area (Å²) in [6, 6.07) is 7.14. The fourth-order valence-corrected chi connectivity index (χ4v) is 3.66. The smallest absolute Gasteiger partial charge is 0.260 e. The van der Waals surface area contributed by atoms with Gasteiger partial charge in [0.15, 0.2) is 0 Å². The van der Waals surface area contributed by atoms with Crippen molar-refractivity contribution in [2.45, 2.75) is 18.9 Å². The van der Waals surface area contributed by atoms with Crippen LogP contribution in [0.3, 0.4) is 0 Å².